The number of aliphatic imine (C=N–C) groups is 1. The Labute approximate surface area is 209 Å². The van der Waals surface area contributed by atoms with Crippen LogP contribution in [-0.2, 0) is 20.7 Å². The largest absolute Gasteiger partial charge is 0.481 e. The second-order valence-electron chi connectivity index (χ2n) is 9.74. The summed E-state index contributed by atoms with van der Waals surface area (Å²) in [4.78, 5) is 47.3. The molecule has 1 aromatic heterocycles. The van der Waals surface area contributed by atoms with Gasteiger partial charge in [-0.1, -0.05) is 24.3 Å². The fourth-order valence-electron chi connectivity index (χ4n) is 4.40. The number of rotatable bonds is 8. The highest BCUT2D eigenvalue weighted by molar-refractivity contribution is 5.99. The highest BCUT2D eigenvalue weighted by Crippen LogP contribution is 2.29. The van der Waals surface area contributed by atoms with Crippen molar-refractivity contribution in [3.8, 4) is 0 Å². The number of hydrogen-bond donors (Lipinski definition) is 3. The van der Waals surface area contributed by atoms with E-state index in [4.69, 9.17) is 4.74 Å². The number of urea groups is 1. The second kappa shape index (κ2) is 10.8. The molecule has 1 aromatic carbocycles. The zero-order chi connectivity index (χ0) is 25.7. The van der Waals surface area contributed by atoms with E-state index in [1.165, 1.54) is 0 Å². The Hall–Kier alpha value is -3.95. The number of pyridine rings is 1. The zero-order valence-electron chi connectivity index (χ0n) is 20.4. The van der Waals surface area contributed by atoms with Crippen LogP contribution in [0.4, 0.5) is 16.3 Å². The third-order valence-electron chi connectivity index (χ3n) is 6.37. The van der Waals surface area contributed by atoms with Crippen molar-refractivity contribution >= 4 is 35.3 Å². The number of ether oxygens (including phenoxy) is 1. The molecule has 0 radical (unpaired) electrons. The van der Waals surface area contributed by atoms with Crippen molar-refractivity contribution in [2.75, 3.05) is 23.8 Å². The van der Waals surface area contributed by atoms with Gasteiger partial charge in [-0.15, -0.1) is 0 Å². The molecule has 2 aliphatic rings. The molecule has 0 spiro atoms. The summed E-state index contributed by atoms with van der Waals surface area (Å²) in [5, 5.41) is 14.8. The lowest BCUT2D eigenvalue weighted by Crippen LogP contribution is -2.41. The van der Waals surface area contributed by atoms with Crippen LogP contribution in [0.25, 0.3) is 0 Å². The molecule has 3 heterocycles. The minimum atomic E-state index is -0.894. The van der Waals surface area contributed by atoms with Gasteiger partial charge in [0.25, 0.3) is 0 Å². The highest BCUT2D eigenvalue weighted by Gasteiger charge is 2.39. The van der Waals surface area contributed by atoms with Crippen molar-refractivity contribution in [1.82, 2.24) is 9.88 Å². The number of carbonyl (C=O) groups is 3. The number of amides is 3. The van der Waals surface area contributed by atoms with E-state index in [0.717, 1.165) is 18.4 Å². The van der Waals surface area contributed by atoms with E-state index in [1.54, 1.807) is 49.2 Å². The monoisotopic (exact) mass is 493 g/mol. The predicted octanol–water partition coefficient (Wildman–Crippen LogP) is 3.56. The molecule has 10 nitrogen and oxygen atoms in total. The van der Waals surface area contributed by atoms with E-state index < -0.39 is 17.4 Å². The number of nitrogens with one attached hydrogen (secondary N) is 2. The van der Waals surface area contributed by atoms with Crippen LogP contribution in [0.3, 0.4) is 0 Å². The molecule has 0 bridgehead atoms. The van der Waals surface area contributed by atoms with Crippen molar-refractivity contribution in [2.45, 2.75) is 51.6 Å². The number of anilines is 2. The van der Waals surface area contributed by atoms with Crippen molar-refractivity contribution < 1.29 is 24.2 Å². The first-order valence-corrected chi connectivity index (χ1v) is 12.0. The maximum Gasteiger partial charge on any atom is 0.324 e. The Balaban J connectivity index is 1.32. The van der Waals surface area contributed by atoms with Gasteiger partial charge in [-0.3, -0.25) is 14.9 Å². The smallest absolute Gasteiger partial charge is 0.324 e. The summed E-state index contributed by atoms with van der Waals surface area (Å²) in [7, 11) is 0. The van der Waals surface area contributed by atoms with Gasteiger partial charge < -0.3 is 20.1 Å². The molecular weight excluding hydrogens is 462 g/mol. The number of carboxylic acid groups (broad SMARTS) is 1. The average molecular weight is 494 g/mol. The van der Waals surface area contributed by atoms with Crippen molar-refractivity contribution in [3.05, 3.63) is 54.2 Å². The molecule has 1 fully saturated rings. The first kappa shape index (κ1) is 25.2. The van der Waals surface area contributed by atoms with Crippen LogP contribution >= 0.6 is 0 Å². The van der Waals surface area contributed by atoms with E-state index in [1.807, 2.05) is 18.2 Å². The summed E-state index contributed by atoms with van der Waals surface area (Å²) >= 11 is 0. The molecule has 190 valence electrons. The van der Waals surface area contributed by atoms with E-state index in [-0.39, 0.29) is 24.4 Å². The summed E-state index contributed by atoms with van der Waals surface area (Å²) in [6.07, 6.45) is 3.73. The number of carbonyl (C=O) groups excluding carboxylic acids is 2. The molecule has 3 amide bonds. The highest BCUT2D eigenvalue weighted by atomic mass is 16.5. The van der Waals surface area contributed by atoms with Crippen molar-refractivity contribution in [2.24, 2.45) is 10.4 Å². The molecule has 1 saturated heterocycles. The van der Waals surface area contributed by atoms with Crippen LogP contribution in [0.1, 0.15) is 38.7 Å². The summed E-state index contributed by atoms with van der Waals surface area (Å²) in [5.41, 5.74) is 0.509. The third-order valence-corrected chi connectivity index (χ3v) is 6.37. The Morgan fingerprint density at radius 2 is 1.92 bits per heavy atom. The number of nitrogens with zero attached hydrogens (tertiary/aromatic N) is 3. The molecule has 2 aliphatic heterocycles. The van der Waals surface area contributed by atoms with Gasteiger partial charge in [-0.05, 0) is 56.9 Å². The van der Waals surface area contributed by atoms with Gasteiger partial charge in [-0.25, -0.2) is 14.8 Å². The van der Waals surface area contributed by atoms with Gasteiger partial charge in [-0.2, -0.15) is 0 Å². The van der Waals surface area contributed by atoms with Crippen LogP contribution in [0, 0.1) is 5.41 Å². The average Bonchev–Trinajstić information content (AvgIpc) is 3.50. The lowest BCUT2D eigenvalue weighted by Gasteiger charge is -2.24. The number of hydrogen-bond acceptors (Lipinski definition) is 6. The van der Waals surface area contributed by atoms with Gasteiger partial charge in [0.1, 0.15) is 18.5 Å². The SMILES string of the molecule is CC(C)(CC1COC(C2CCCN2C(=O)Cc2ccc(NC(=O)Nc3ccccc3)nc2)=N1)C(=O)O. The van der Waals surface area contributed by atoms with Crippen molar-refractivity contribution in [3.63, 3.8) is 0 Å². The summed E-state index contributed by atoms with van der Waals surface area (Å²) in [5.74, 6) is -0.0187. The van der Waals surface area contributed by atoms with Crippen LogP contribution < -0.4 is 10.6 Å². The van der Waals surface area contributed by atoms with Crippen LogP contribution in [-0.4, -0.2) is 64.0 Å². The molecule has 2 unspecified atom stereocenters. The lowest BCUT2D eigenvalue weighted by atomic mass is 9.86. The van der Waals surface area contributed by atoms with Crippen LogP contribution in [0.2, 0.25) is 0 Å². The number of carboxylic acids is 1. The summed E-state index contributed by atoms with van der Waals surface area (Å²) in [6.45, 7) is 4.31. The molecule has 2 aromatic rings. The van der Waals surface area contributed by atoms with Crippen LogP contribution in [0.15, 0.2) is 53.7 Å². The topological polar surface area (TPSA) is 133 Å². The Morgan fingerprint density at radius 1 is 1.14 bits per heavy atom. The maximum atomic E-state index is 13.1. The van der Waals surface area contributed by atoms with Gasteiger partial charge in [0.15, 0.2) is 0 Å². The Kier molecular flexibility index (Phi) is 7.52. The molecule has 4 rings (SSSR count). The molecular formula is C26H31N5O5. The zero-order valence-corrected chi connectivity index (χ0v) is 20.4. The lowest BCUT2D eigenvalue weighted by molar-refractivity contribution is -0.147. The molecule has 10 heteroatoms. The molecule has 0 saturated carbocycles. The number of aliphatic carboxylic acids is 1. The third kappa shape index (κ3) is 6.18. The van der Waals surface area contributed by atoms with Gasteiger partial charge in [0.2, 0.25) is 11.8 Å². The number of benzene rings is 1. The van der Waals surface area contributed by atoms with Gasteiger partial charge in [0.05, 0.1) is 17.9 Å². The number of aromatic nitrogens is 1. The van der Waals surface area contributed by atoms with Crippen LogP contribution in [0.5, 0.6) is 0 Å². The maximum absolute atomic E-state index is 13.1. The number of likely N-dealkylation sites (tertiary alicyclic amines) is 1. The first-order chi connectivity index (χ1) is 17.2. The quantitative estimate of drug-likeness (QED) is 0.515. The standard InChI is InChI=1S/C26H31N5O5/c1-26(2,24(33)34)14-19-16-36-23(28-19)20-9-6-12-31(20)22(32)13-17-10-11-21(27-15-17)30-25(35)29-18-7-4-3-5-8-18/h3-5,7-8,10-11,15,19-20H,6,9,12-14,16H2,1-2H3,(H,33,34)(H2,27,29,30,35). The summed E-state index contributed by atoms with van der Waals surface area (Å²) < 4.78 is 5.81. The Bertz CT molecular complexity index is 1130. The molecule has 2 atom stereocenters. The van der Waals surface area contributed by atoms with E-state index in [2.05, 4.69) is 20.6 Å². The van der Waals surface area contributed by atoms with Crippen molar-refractivity contribution in [1.29, 1.82) is 0 Å². The predicted molar refractivity (Wildman–Crippen MR) is 135 cm³/mol. The second-order valence-corrected chi connectivity index (χ2v) is 9.74. The van der Waals surface area contributed by atoms with E-state index in [0.29, 0.717) is 37.0 Å². The molecule has 36 heavy (non-hydrogen) atoms. The molecule has 0 aliphatic carbocycles. The first-order valence-electron chi connectivity index (χ1n) is 12.0. The fraction of sp³-hybridized carbons (Fsp3) is 0.423. The Morgan fingerprint density at radius 3 is 2.61 bits per heavy atom. The van der Waals surface area contributed by atoms with E-state index >= 15 is 0 Å². The molecule has 3 N–H and O–H groups in total. The van der Waals surface area contributed by atoms with E-state index in [9.17, 15) is 19.5 Å². The van der Waals surface area contributed by atoms with Gasteiger partial charge in [0, 0.05) is 18.4 Å². The minimum absolute atomic E-state index is 0.0533. The normalized spacial score (nSPS) is 19.4. The summed E-state index contributed by atoms with van der Waals surface area (Å²) in [6, 6.07) is 11.7. The van der Waals surface area contributed by atoms with Gasteiger partial charge >= 0.3 is 12.0 Å². The minimum Gasteiger partial charge on any atom is -0.481 e. The fourth-order valence-corrected chi connectivity index (χ4v) is 4.40. The number of para-hydroxylation sites is 1.